The number of fused-ring (bicyclic) bond motifs is 1. The average Bonchev–Trinajstić information content (AvgIpc) is 2.29. The molecular formula is C11H15NO. The van der Waals surface area contributed by atoms with Crippen LogP contribution in [0.5, 0.6) is 0 Å². The highest BCUT2D eigenvalue weighted by atomic mass is 16.3. The summed E-state index contributed by atoms with van der Waals surface area (Å²) in [5, 5.41) is 9.80. The number of aliphatic hydroxyl groups is 1. The number of aliphatic hydroxyl groups excluding tert-OH is 1. The molecule has 0 spiro atoms. The fourth-order valence-corrected chi connectivity index (χ4v) is 1.99. The minimum Gasteiger partial charge on any atom is -0.388 e. The van der Waals surface area contributed by atoms with Crippen molar-refractivity contribution >= 4 is 0 Å². The number of hydrogen-bond donors (Lipinski definition) is 2. The van der Waals surface area contributed by atoms with Crippen molar-refractivity contribution < 1.29 is 5.11 Å². The van der Waals surface area contributed by atoms with E-state index in [0.717, 1.165) is 30.4 Å². The van der Waals surface area contributed by atoms with Gasteiger partial charge < -0.3 is 10.8 Å². The molecule has 0 aliphatic heterocycles. The van der Waals surface area contributed by atoms with Crippen LogP contribution in [-0.4, -0.2) is 5.11 Å². The van der Waals surface area contributed by atoms with Crippen molar-refractivity contribution in [2.24, 2.45) is 5.73 Å². The molecular weight excluding hydrogens is 162 g/mol. The smallest absolute Gasteiger partial charge is 0.0793 e. The molecule has 1 aromatic rings. The maximum atomic E-state index is 9.80. The Bertz CT molecular complexity index is 269. The fourth-order valence-electron chi connectivity index (χ4n) is 1.99. The van der Waals surface area contributed by atoms with Crippen LogP contribution in [0, 0.1) is 0 Å². The largest absolute Gasteiger partial charge is 0.388 e. The third-order valence-corrected chi connectivity index (χ3v) is 2.75. The summed E-state index contributed by atoms with van der Waals surface area (Å²) in [6.07, 6.45) is 2.51. The van der Waals surface area contributed by atoms with Crippen LogP contribution in [0.25, 0.3) is 0 Å². The van der Waals surface area contributed by atoms with Crippen molar-refractivity contribution in [3.63, 3.8) is 0 Å². The summed E-state index contributed by atoms with van der Waals surface area (Å²) in [5.74, 6) is 0. The zero-order chi connectivity index (χ0) is 9.26. The van der Waals surface area contributed by atoms with Crippen LogP contribution in [0.4, 0.5) is 0 Å². The highest BCUT2D eigenvalue weighted by Gasteiger charge is 2.20. The summed E-state index contributed by atoms with van der Waals surface area (Å²) in [6, 6.07) is 8.05. The maximum Gasteiger partial charge on any atom is 0.0793 e. The molecule has 2 rings (SSSR count). The van der Waals surface area contributed by atoms with Crippen LogP contribution >= 0.6 is 0 Å². The minimum atomic E-state index is -0.315. The van der Waals surface area contributed by atoms with Gasteiger partial charge in [-0.05, 0) is 30.4 Å². The van der Waals surface area contributed by atoms with Gasteiger partial charge in [-0.2, -0.15) is 0 Å². The van der Waals surface area contributed by atoms with Crippen molar-refractivity contribution in [1.82, 2.24) is 0 Å². The number of rotatable bonds is 0. The Kier molecular flexibility index (Phi) is 2.34. The summed E-state index contributed by atoms with van der Waals surface area (Å²) in [4.78, 5) is 0. The predicted octanol–water partition coefficient (Wildman–Crippen LogP) is 1.90. The zero-order valence-corrected chi connectivity index (χ0v) is 7.61. The van der Waals surface area contributed by atoms with Gasteiger partial charge in [-0.25, -0.2) is 0 Å². The lowest BCUT2D eigenvalue weighted by atomic mass is 9.99. The number of benzene rings is 1. The summed E-state index contributed by atoms with van der Waals surface area (Å²) in [5.41, 5.74) is 8.14. The third-order valence-electron chi connectivity index (χ3n) is 2.75. The summed E-state index contributed by atoms with van der Waals surface area (Å²) in [7, 11) is 0. The van der Waals surface area contributed by atoms with Crippen LogP contribution in [0.3, 0.4) is 0 Å². The Balaban J connectivity index is 2.45. The van der Waals surface area contributed by atoms with E-state index in [1.54, 1.807) is 0 Å². The Labute approximate surface area is 78.4 Å². The molecule has 13 heavy (non-hydrogen) atoms. The first kappa shape index (κ1) is 8.73. The lowest BCUT2D eigenvalue weighted by Gasteiger charge is -2.13. The summed E-state index contributed by atoms with van der Waals surface area (Å²) in [6.45, 7) is 0. The molecule has 0 saturated carbocycles. The van der Waals surface area contributed by atoms with Gasteiger partial charge in [0.15, 0.2) is 0 Å². The SMILES string of the molecule is N[C@H]1CCC[C@@H](O)c2ccccc21. The molecule has 2 nitrogen and oxygen atoms in total. The van der Waals surface area contributed by atoms with E-state index in [-0.39, 0.29) is 12.1 Å². The number of hydrogen-bond acceptors (Lipinski definition) is 2. The zero-order valence-electron chi connectivity index (χ0n) is 7.61. The molecule has 0 saturated heterocycles. The quantitative estimate of drug-likeness (QED) is 0.594. The molecule has 0 aromatic heterocycles. The molecule has 0 fully saturated rings. The van der Waals surface area contributed by atoms with E-state index in [9.17, 15) is 5.11 Å². The molecule has 2 atom stereocenters. The van der Waals surface area contributed by atoms with Crippen LogP contribution < -0.4 is 5.73 Å². The molecule has 0 amide bonds. The lowest BCUT2D eigenvalue weighted by Crippen LogP contribution is -2.10. The van der Waals surface area contributed by atoms with Crippen molar-refractivity contribution in [2.45, 2.75) is 31.4 Å². The van der Waals surface area contributed by atoms with Gasteiger partial charge in [0, 0.05) is 6.04 Å². The molecule has 0 bridgehead atoms. The Morgan fingerprint density at radius 3 is 2.62 bits per heavy atom. The van der Waals surface area contributed by atoms with Gasteiger partial charge in [-0.15, -0.1) is 0 Å². The molecule has 1 aromatic carbocycles. The van der Waals surface area contributed by atoms with E-state index in [1.165, 1.54) is 0 Å². The standard InChI is InChI=1S/C11H15NO/c12-10-6-3-7-11(13)9-5-2-1-4-8(9)10/h1-2,4-5,10-11,13H,3,6-7,12H2/t10-,11+/m0/s1. The van der Waals surface area contributed by atoms with Gasteiger partial charge in [0.25, 0.3) is 0 Å². The average molecular weight is 177 g/mol. The second kappa shape index (κ2) is 3.48. The lowest BCUT2D eigenvalue weighted by molar-refractivity contribution is 0.166. The molecule has 0 unspecified atom stereocenters. The molecule has 1 aliphatic carbocycles. The van der Waals surface area contributed by atoms with E-state index < -0.39 is 0 Å². The molecule has 70 valence electrons. The predicted molar refractivity (Wildman–Crippen MR) is 52.2 cm³/mol. The molecule has 1 aliphatic rings. The first-order valence-corrected chi connectivity index (χ1v) is 4.81. The first-order valence-electron chi connectivity index (χ1n) is 4.81. The first-order chi connectivity index (χ1) is 6.29. The van der Waals surface area contributed by atoms with E-state index in [2.05, 4.69) is 0 Å². The topological polar surface area (TPSA) is 46.2 Å². The van der Waals surface area contributed by atoms with Crippen molar-refractivity contribution in [3.8, 4) is 0 Å². The minimum absolute atomic E-state index is 0.105. The molecule has 0 heterocycles. The van der Waals surface area contributed by atoms with Crippen molar-refractivity contribution in [3.05, 3.63) is 35.4 Å². The van der Waals surface area contributed by atoms with E-state index in [0.29, 0.717) is 0 Å². The van der Waals surface area contributed by atoms with Crippen molar-refractivity contribution in [1.29, 1.82) is 0 Å². The maximum absolute atomic E-state index is 9.80. The van der Waals surface area contributed by atoms with Crippen molar-refractivity contribution in [2.75, 3.05) is 0 Å². The van der Waals surface area contributed by atoms with Gasteiger partial charge in [0.05, 0.1) is 6.10 Å². The molecule has 3 N–H and O–H groups in total. The molecule has 2 heteroatoms. The fraction of sp³-hybridized carbons (Fsp3) is 0.455. The summed E-state index contributed by atoms with van der Waals surface area (Å²) < 4.78 is 0. The second-order valence-corrected chi connectivity index (χ2v) is 3.68. The van der Waals surface area contributed by atoms with Gasteiger partial charge in [0.2, 0.25) is 0 Å². The van der Waals surface area contributed by atoms with Crippen LogP contribution in [0.1, 0.15) is 42.5 Å². The second-order valence-electron chi connectivity index (χ2n) is 3.68. The summed E-state index contributed by atoms with van der Waals surface area (Å²) >= 11 is 0. The van der Waals surface area contributed by atoms with E-state index in [4.69, 9.17) is 5.73 Å². The Morgan fingerprint density at radius 1 is 1.15 bits per heavy atom. The number of nitrogens with two attached hydrogens (primary N) is 1. The van der Waals surface area contributed by atoms with Gasteiger partial charge >= 0.3 is 0 Å². The monoisotopic (exact) mass is 177 g/mol. The van der Waals surface area contributed by atoms with E-state index in [1.807, 2.05) is 24.3 Å². The molecule has 0 radical (unpaired) electrons. The van der Waals surface area contributed by atoms with Crippen LogP contribution in [-0.2, 0) is 0 Å². The third kappa shape index (κ3) is 1.60. The highest BCUT2D eigenvalue weighted by Crippen LogP contribution is 2.32. The van der Waals surface area contributed by atoms with Gasteiger partial charge in [0.1, 0.15) is 0 Å². The van der Waals surface area contributed by atoms with Gasteiger partial charge in [-0.1, -0.05) is 24.3 Å². The van der Waals surface area contributed by atoms with Gasteiger partial charge in [-0.3, -0.25) is 0 Å². The van der Waals surface area contributed by atoms with Crippen LogP contribution in [0.2, 0.25) is 0 Å². The van der Waals surface area contributed by atoms with Crippen LogP contribution in [0.15, 0.2) is 24.3 Å². The highest BCUT2D eigenvalue weighted by molar-refractivity contribution is 5.32. The van der Waals surface area contributed by atoms with E-state index >= 15 is 0 Å². The Morgan fingerprint density at radius 2 is 1.85 bits per heavy atom. The Hall–Kier alpha value is -0.860. The normalized spacial score (nSPS) is 27.8.